The topological polar surface area (TPSA) is 19.0 Å². The van der Waals surface area contributed by atoms with Gasteiger partial charge >= 0.3 is 0 Å². The number of benzene rings is 2. The van der Waals surface area contributed by atoms with Gasteiger partial charge in [-0.15, -0.1) is 11.3 Å². The lowest BCUT2D eigenvalue weighted by atomic mass is 9.62. The molecule has 1 aliphatic rings. The molecule has 3 heteroatoms. The van der Waals surface area contributed by atoms with Gasteiger partial charge in [-0.2, -0.15) is 0 Å². The minimum Gasteiger partial charge on any atom is -0.357 e. The van der Waals surface area contributed by atoms with Crippen molar-refractivity contribution in [1.82, 2.24) is 9.88 Å². The maximum Gasteiger partial charge on any atom is 0.0459 e. The molecule has 0 saturated heterocycles. The Morgan fingerprint density at radius 2 is 1.58 bits per heavy atom. The number of hydrogen-bond acceptors (Lipinski definition) is 2. The standard InChI is InChI=1S/C28H32N2S/c1-21-23-12-7-8-13-24(23)29-26(21)28(25-14-9-19-31-25)17-15-27(16-18-28,30(2)3)20-22-10-5-4-6-11-22/h4-14,19,29H,15-18,20H2,1-3H3. The number of thiophene rings is 1. The first-order chi connectivity index (χ1) is 15.0. The zero-order valence-electron chi connectivity index (χ0n) is 18.8. The van der Waals surface area contributed by atoms with Crippen LogP contribution in [0.4, 0.5) is 0 Å². The molecule has 4 aromatic rings. The third kappa shape index (κ3) is 3.44. The van der Waals surface area contributed by atoms with Gasteiger partial charge in [0.1, 0.15) is 0 Å². The number of aryl methyl sites for hydroxylation is 1. The molecule has 1 fully saturated rings. The van der Waals surface area contributed by atoms with E-state index in [4.69, 9.17) is 0 Å². The zero-order valence-corrected chi connectivity index (χ0v) is 19.6. The van der Waals surface area contributed by atoms with E-state index in [0.29, 0.717) is 0 Å². The minimum atomic E-state index is 0.0769. The Morgan fingerprint density at radius 3 is 2.23 bits per heavy atom. The van der Waals surface area contributed by atoms with E-state index < -0.39 is 0 Å². The Bertz CT molecular complexity index is 1150. The van der Waals surface area contributed by atoms with Gasteiger partial charge in [-0.1, -0.05) is 54.6 Å². The van der Waals surface area contributed by atoms with Crippen LogP contribution < -0.4 is 0 Å². The molecule has 0 amide bonds. The highest BCUT2D eigenvalue weighted by Crippen LogP contribution is 2.52. The van der Waals surface area contributed by atoms with Gasteiger partial charge in [-0.3, -0.25) is 0 Å². The van der Waals surface area contributed by atoms with Crippen LogP contribution in [0.25, 0.3) is 10.9 Å². The summed E-state index contributed by atoms with van der Waals surface area (Å²) in [6.45, 7) is 2.31. The van der Waals surface area contributed by atoms with Crippen LogP contribution in [0.2, 0.25) is 0 Å². The predicted octanol–water partition coefficient (Wildman–Crippen LogP) is 6.94. The summed E-state index contributed by atoms with van der Waals surface area (Å²) in [6, 6.07) is 24.4. The van der Waals surface area contributed by atoms with Crippen molar-refractivity contribution in [2.75, 3.05) is 14.1 Å². The van der Waals surface area contributed by atoms with Gasteiger partial charge in [0.05, 0.1) is 0 Å². The number of para-hydroxylation sites is 1. The van der Waals surface area contributed by atoms with Crippen LogP contribution in [0.5, 0.6) is 0 Å². The van der Waals surface area contributed by atoms with Gasteiger partial charge in [0.25, 0.3) is 0 Å². The van der Waals surface area contributed by atoms with Crippen LogP contribution in [0.15, 0.2) is 72.1 Å². The number of likely N-dealkylation sites (N-methyl/N-ethyl adjacent to an activating group) is 1. The maximum absolute atomic E-state index is 3.86. The number of aromatic nitrogens is 1. The van der Waals surface area contributed by atoms with Crippen molar-refractivity contribution in [3.05, 3.63) is 93.8 Å². The summed E-state index contributed by atoms with van der Waals surface area (Å²) in [7, 11) is 4.55. The van der Waals surface area contributed by atoms with Crippen molar-refractivity contribution in [1.29, 1.82) is 0 Å². The lowest BCUT2D eigenvalue weighted by Crippen LogP contribution is -2.52. The average Bonchev–Trinajstić information content (AvgIpc) is 3.45. The maximum atomic E-state index is 3.86. The van der Waals surface area contributed by atoms with Gasteiger partial charge in [0.2, 0.25) is 0 Å². The summed E-state index contributed by atoms with van der Waals surface area (Å²) in [6.07, 6.45) is 5.86. The second kappa shape index (κ2) is 7.96. The molecule has 5 rings (SSSR count). The fourth-order valence-electron chi connectivity index (χ4n) is 5.83. The Hall–Kier alpha value is -2.36. The highest BCUT2D eigenvalue weighted by atomic mass is 32.1. The van der Waals surface area contributed by atoms with E-state index in [0.717, 1.165) is 6.42 Å². The van der Waals surface area contributed by atoms with E-state index in [1.54, 1.807) is 0 Å². The number of rotatable bonds is 5. The first-order valence-electron chi connectivity index (χ1n) is 11.4. The number of nitrogens with one attached hydrogen (secondary N) is 1. The molecule has 0 aliphatic heterocycles. The molecule has 2 aromatic heterocycles. The third-order valence-corrected chi connectivity index (χ3v) is 8.87. The third-order valence-electron chi connectivity index (χ3n) is 7.80. The summed E-state index contributed by atoms with van der Waals surface area (Å²) in [4.78, 5) is 7.87. The summed E-state index contributed by atoms with van der Waals surface area (Å²) in [5.74, 6) is 0. The second-order valence-corrected chi connectivity index (χ2v) is 10.5. The number of aromatic amines is 1. The molecule has 0 bridgehead atoms. The molecule has 160 valence electrons. The van der Waals surface area contributed by atoms with Crippen molar-refractivity contribution < 1.29 is 0 Å². The number of fused-ring (bicyclic) bond motifs is 1. The lowest BCUT2D eigenvalue weighted by Gasteiger charge is -2.50. The smallest absolute Gasteiger partial charge is 0.0459 e. The van der Waals surface area contributed by atoms with Gasteiger partial charge < -0.3 is 9.88 Å². The average molecular weight is 429 g/mol. The van der Waals surface area contributed by atoms with Gasteiger partial charge in [0.15, 0.2) is 0 Å². The first kappa shape index (κ1) is 20.5. The molecule has 2 nitrogen and oxygen atoms in total. The molecule has 0 unspecified atom stereocenters. The van der Waals surface area contributed by atoms with Crippen molar-refractivity contribution in [2.24, 2.45) is 0 Å². The Morgan fingerprint density at radius 1 is 0.871 bits per heavy atom. The number of nitrogens with zero attached hydrogens (tertiary/aromatic N) is 1. The molecule has 1 N–H and O–H groups in total. The molecular formula is C28H32N2S. The van der Waals surface area contributed by atoms with E-state index in [1.807, 2.05) is 11.3 Å². The minimum absolute atomic E-state index is 0.0769. The summed E-state index contributed by atoms with van der Waals surface area (Å²) < 4.78 is 0. The van der Waals surface area contributed by atoms with Crippen LogP contribution in [-0.2, 0) is 11.8 Å². The van der Waals surface area contributed by atoms with E-state index in [-0.39, 0.29) is 11.0 Å². The second-order valence-electron chi connectivity index (χ2n) is 9.51. The molecule has 31 heavy (non-hydrogen) atoms. The molecule has 0 spiro atoms. The SMILES string of the molecule is Cc1c(C2(c3cccs3)CCC(Cc3ccccc3)(N(C)C)CC2)[nH]c2ccccc12. The van der Waals surface area contributed by atoms with Gasteiger partial charge in [0, 0.05) is 32.4 Å². The molecule has 2 aromatic carbocycles. The van der Waals surface area contributed by atoms with Gasteiger partial charge in [-0.05, 0) is 81.8 Å². The predicted molar refractivity (Wildman–Crippen MR) is 133 cm³/mol. The van der Waals surface area contributed by atoms with Crippen LogP contribution in [-0.4, -0.2) is 29.5 Å². The Labute approximate surface area is 189 Å². The number of H-pyrrole nitrogens is 1. The molecule has 1 aliphatic carbocycles. The molecule has 0 radical (unpaired) electrons. The monoisotopic (exact) mass is 428 g/mol. The highest BCUT2D eigenvalue weighted by molar-refractivity contribution is 7.10. The quantitative estimate of drug-likeness (QED) is 0.365. The summed E-state index contributed by atoms with van der Waals surface area (Å²) >= 11 is 1.92. The van der Waals surface area contributed by atoms with E-state index in [2.05, 4.69) is 103 Å². The largest absolute Gasteiger partial charge is 0.357 e. The van der Waals surface area contributed by atoms with E-state index in [1.165, 1.54) is 58.3 Å². The Kier molecular flexibility index (Phi) is 5.27. The highest BCUT2D eigenvalue weighted by Gasteiger charge is 2.47. The fraction of sp³-hybridized carbons (Fsp3) is 0.357. The van der Waals surface area contributed by atoms with Crippen molar-refractivity contribution in [2.45, 2.75) is 50.0 Å². The summed E-state index contributed by atoms with van der Waals surface area (Å²) in [5.41, 5.74) is 5.85. The first-order valence-corrected chi connectivity index (χ1v) is 12.3. The fourth-order valence-corrected chi connectivity index (χ4v) is 6.82. The number of hydrogen-bond donors (Lipinski definition) is 1. The van der Waals surface area contributed by atoms with Crippen molar-refractivity contribution in [3.8, 4) is 0 Å². The molecular weight excluding hydrogens is 396 g/mol. The van der Waals surface area contributed by atoms with Crippen molar-refractivity contribution in [3.63, 3.8) is 0 Å². The lowest BCUT2D eigenvalue weighted by molar-refractivity contribution is 0.0766. The summed E-state index contributed by atoms with van der Waals surface area (Å²) in [5, 5.41) is 3.61. The van der Waals surface area contributed by atoms with E-state index >= 15 is 0 Å². The molecule has 0 atom stereocenters. The molecule has 1 saturated carbocycles. The van der Waals surface area contributed by atoms with Gasteiger partial charge in [-0.25, -0.2) is 0 Å². The normalized spacial score (nSPS) is 24.1. The van der Waals surface area contributed by atoms with Crippen LogP contribution in [0.3, 0.4) is 0 Å². The van der Waals surface area contributed by atoms with Crippen LogP contribution in [0.1, 0.15) is 47.4 Å². The molecule has 2 heterocycles. The Balaban J connectivity index is 1.55. The van der Waals surface area contributed by atoms with Crippen LogP contribution in [0, 0.1) is 6.92 Å². The van der Waals surface area contributed by atoms with Crippen LogP contribution >= 0.6 is 11.3 Å². The zero-order chi connectivity index (χ0) is 21.5. The van der Waals surface area contributed by atoms with E-state index in [9.17, 15) is 0 Å². The van der Waals surface area contributed by atoms with Crippen molar-refractivity contribution >= 4 is 22.2 Å².